The van der Waals surface area contributed by atoms with E-state index < -0.39 is 0 Å². The Morgan fingerprint density at radius 1 is 0.283 bits per heavy atom. The molecule has 0 aliphatic rings. The topological polar surface area (TPSA) is 8.17 Å². The summed E-state index contributed by atoms with van der Waals surface area (Å²) in [6.45, 7) is 0. The molecule has 0 saturated heterocycles. The van der Waals surface area contributed by atoms with Crippen molar-refractivity contribution in [1.29, 1.82) is 0 Å². The van der Waals surface area contributed by atoms with Crippen LogP contribution in [0.1, 0.15) is 0 Å². The van der Waals surface area contributed by atoms with Gasteiger partial charge in [0.1, 0.15) is 0 Å². The number of para-hydroxylation sites is 1. The van der Waals surface area contributed by atoms with Gasteiger partial charge >= 0.3 is 0 Å². The second kappa shape index (κ2) is 15.1. The van der Waals surface area contributed by atoms with Crippen LogP contribution in [0, 0.1) is 0 Å². The van der Waals surface area contributed by atoms with Crippen LogP contribution in [-0.2, 0) is 0 Å². The van der Waals surface area contributed by atoms with Gasteiger partial charge in [0.25, 0.3) is 0 Å². The monoisotopic (exact) mass is 764 g/mol. The van der Waals surface area contributed by atoms with Crippen molar-refractivity contribution >= 4 is 49.6 Å². The summed E-state index contributed by atoms with van der Waals surface area (Å²) in [7, 11) is 0. The first-order chi connectivity index (χ1) is 29.7. The van der Waals surface area contributed by atoms with Crippen LogP contribution in [0.15, 0.2) is 243 Å². The summed E-state index contributed by atoms with van der Waals surface area (Å²) in [5.74, 6) is 0. The number of rotatable bonds is 8. The third-order valence-electron chi connectivity index (χ3n) is 11.8. The first kappa shape index (κ1) is 35.2. The lowest BCUT2D eigenvalue weighted by Gasteiger charge is -2.26. The molecule has 2 nitrogen and oxygen atoms in total. The molecule has 60 heavy (non-hydrogen) atoms. The minimum Gasteiger partial charge on any atom is -0.310 e. The lowest BCUT2D eigenvalue weighted by Crippen LogP contribution is -2.10. The van der Waals surface area contributed by atoms with Gasteiger partial charge in [-0.25, -0.2) is 0 Å². The van der Waals surface area contributed by atoms with Crippen LogP contribution < -0.4 is 4.90 Å². The SMILES string of the molecule is c1ccc(-c2ccc(-c3cccc(N(c4ccc(-c5ccccc5)cc4)c4ccc(-c5cccc6c5c5ccccc5n6-c5ccc6ccccc6c5)cc4)c3)cc2)cc1. The van der Waals surface area contributed by atoms with Crippen LogP contribution in [0.3, 0.4) is 0 Å². The van der Waals surface area contributed by atoms with Gasteiger partial charge in [-0.3, -0.25) is 0 Å². The maximum atomic E-state index is 2.41. The largest absolute Gasteiger partial charge is 0.310 e. The zero-order valence-corrected chi connectivity index (χ0v) is 33.0. The fraction of sp³-hybridized carbons (Fsp3) is 0. The van der Waals surface area contributed by atoms with Gasteiger partial charge < -0.3 is 9.47 Å². The van der Waals surface area contributed by atoms with Crippen molar-refractivity contribution < 1.29 is 0 Å². The van der Waals surface area contributed by atoms with Crippen LogP contribution in [0.4, 0.5) is 17.1 Å². The lowest BCUT2D eigenvalue weighted by molar-refractivity contribution is 1.19. The Morgan fingerprint density at radius 2 is 0.783 bits per heavy atom. The fourth-order valence-corrected chi connectivity index (χ4v) is 8.83. The van der Waals surface area contributed by atoms with E-state index in [1.807, 2.05) is 0 Å². The number of fused-ring (bicyclic) bond motifs is 4. The molecule has 0 saturated carbocycles. The molecule has 0 unspecified atom stereocenters. The highest BCUT2D eigenvalue weighted by Crippen LogP contribution is 2.42. The molecule has 282 valence electrons. The predicted molar refractivity (Wildman–Crippen MR) is 255 cm³/mol. The molecule has 0 fully saturated rings. The van der Waals surface area contributed by atoms with E-state index in [0.29, 0.717) is 0 Å². The van der Waals surface area contributed by atoms with Gasteiger partial charge in [-0.1, -0.05) is 182 Å². The Balaban J connectivity index is 1.00. The van der Waals surface area contributed by atoms with Crippen molar-refractivity contribution in [3.8, 4) is 50.2 Å². The van der Waals surface area contributed by atoms with Crippen LogP contribution in [-0.4, -0.2) is 4.57 Å². The summed E-state index contributed by atoms with van der Waals surface area (Å²) in [5.41, 5.74) is 16.4. The molecule has 1 heterocycles. The van der Waals surface area contributed by atoms with Crippen molar-refractivity contribution in [1.82, 2.24) is 4.57 Å². The van der Waals surface area contributed by atoms with E-state index in [0.717, 1.165) is 22.7 Å². The van der Waals surface area contributed by atoms with Crippen molar-refractivity contribution in [3.63, 3.8) is 0 Å². The molecule has 11 rings (SSSR count). The molecule has 2 heteroatoms. The molecule has 0 aliphatic heterocycles. The van der Waals surface area contributed by atoms with E-state index in [2.05, 4.69) is 252 Å². The zero-order valence-electron chi connectivity index (χ0n) is 33.0. The van der Waals surface area contributed by atoms with Gasteiger partial charge in [-0.15, -0.1) is 0 Å². The molecule has 0 atom stereocenters. The van der Waals surface area contributed by atoms with Gasteiger partial charge in [-0.05, 0) is 116 Å². The number of hydrogen-bond acceptors (Lipinski definition) is 1. The van der Waals surface area contributed by atoms with Crippen LogP contribution in [0.25, 0.3) is 82.8 Å². The summed E-state index contributed by atoms with van der Waals surface area (Å²) in [4.78, 5) is 2.37. The molecule has 0 bridgehead atoms. The van der Waals surface area contributed by atoms with Crippen molar-refractivity contribution in [2.45, 2.75) is 0 Å². The number of anilines is 3. The summed E-state index contributed by atoms with van der Waals surface area (Å²) in [6.07, 6.45) is 0. The normalized spacial score (nSPS) is 11.3. The molecular weight excluding hydrogens is 725 g/mol. The summed E-state index contributed by atoms with van der Waals surface area (Å²) in [6, 6.07) is 87.8. The minimum atomic E-state index is 1.09. The van der Waals surface area contributed by atoms with Gasteiger partial charge in [0.15, 0.2) is 0 Å². The zero-order chi connectivity index (χ0) is 39.8. The molecule has 10 aromatic carbocycles. The highest BCUT2D eigenvalue weighted by atomic mass is 15.1. The average Bonchev–Trinajstić information content (AvgIpc) is 3.67. The standard InChI is InChI=1S/C58H40N2/c1-3-13-41(14-4-1)44-25-27-46(28-26-44)49-19-11-20-52(39-49)59(50-34-29-45(30-35-50)42-15-5-2-6-16-42)51-36-32-47(33-37-51)54-22-12-24-57-58(54)55-21-9-10-23-56(55)60(57)53-38-31-43-17-7-8-18-48(43)40-53/h1-40H. The van der Waals surface area contributed by atoms with E-state index in [1.165, 1.54) is 77.1 Å². The average molecular weight is 765 g/mol. The maximum absolute atomic E-state index is 2.41. The Kier molecular flexibility index (Phi) is 8.87. The van der Waals surface area contributed by atoms with E-state index in [-0.39, 0.29) is 0 Å². The molecule has 0 spiro atoms. The first-order valence-electron chi connectivity index (χ1n) is 20.6. The lowest BCUT2D eigenvalue weighted by atomic mass is 9.98. The van der Waals surface area contributed by atoms with Crippen LogP contribution in [0.2, 0.25) is 0 Å². The van der Waals surface area contributed by atoms with E-state index in [4.69, 9.17) is 0 Å². The summed E-state index contributed by atoms with van der Waals surface area (Å²) in [5, 5.41) is 4.98. The number of aromatic nitrogens is 1. The number of hydrogen-bond donors (Lipinski definition) is 0. The third-order valence-corrected chi connectivity index (χ3v) is 11.8. The number of nitrogens with zero attached hydrogens (tertiary/aromatic N) is 2. The molecule has 0 aliphatic carbocycles. The minimum absolute atomic E-state index is 1.09. The fourth-order valence-electron chi connectivity index (χ4n) is 8.83. The van der Waals surface area contributed by atoms with E-state index >= 15 is 0 Å². The van der Waals surface area contributed by atoms with Gasteiger partial charge in [0.05, 0.1) is 11.0 Å². The Hall–Kier alpha value is -7.94. The summed E-state index contributed by atoms with van der Waals surface area (Å²) < 4.78 is 2.41. The van der Waals surface area contributed by atoms with Gasteiger partial charge in [0.2, 0.25) is 0 Å². The van der Waals surface area contributed by atoms with Gasteiger partial charge in [-0.2, -0.15) is 0 Å². The first-order valence-corrected chi connectivity index (χ1v) is 20.6. The molecule has 11 aromatic rings. The van der Waals surface area contributed by atoms with Crippen LogP contribution >= 0.6 is 0 Å². The highest BCUT2D eigenvalue weighted by Gasteiger charge is 2.18. The quantitative estimate of drug-likeness (QED) is 0.150. The highest BCUT2D eigenvalue weighted by molar-refractivity contribution is 6.16. The molecule has 0 amide bonds. The summed E-state index contributed by atoms with van der Waals surface area (Å²) >= 11 is 0. The number of benzene rings is 10. The smallest absolute Gasteiger partial charge is 0.0547 e. The molecule has 0 radical (unpaired) electrons. The van der Waals surface area contributed by atoms with E-state index in [9.17, 15) is 0 Å². The maximum Gasteiger partial charge on any atom is 0.0547 e. The molecule has 1 aromatic heterocycles. The molecular formula is C58H40N2. The van der Waals surface area contributed by atoms with E-state index in [1.54, 1.807) is 0 Å². The van der Waals surface area contributed by atoms with Crippen molar-refractivity contribution in [3.05, 3.63) is 243 Å². The molecule has 0 N–H and O–H groups in total. The Bertz CT molecular complexity index is 3270. The second-order valence-corrected chi connectivity index (χ2v) is 15.4. The second-order valence-electron chi connectivity index (χ2n) is 15.4. The van der Waals surface area contributed by atoms with Crippen molar-refractivity contribution in [2.24, 2.45) is 0 Å². The van der Waals surface area contributed by atoms with Crippen LogP contribution in [0.5, 0.6) is 0 Å². The predicted octanol–water partition coefficient (Wildman–Crippen LogP) is 16.1. The third kappa shape index (κ3) is 6.41. The Morgan fingerprint density at radius 3 is 1.47 bits per heavy atom. The van der Waals surface area contributed by atoms with Crippen molar-refractivity contribution in [2.75, 3.05) is 4.90 Å². The Labute approximate surface area is 350 Å². The van der Waals surface area contributed by atoms with Gasteiger partial charge in [0, 0.05) is 33.5 Å².